The average Bonchev–Trinajstić information content (AvgIpc) is 2.62. The van der Waals surface area contributed by atoms with Crippen molar-refractivity contribution in [3.8, 4) is 0 Å². The van der Waals surface area contributed by atoms with Crippen LogP contribution >= 0.6 is 0 Å². The first-order valence-electron chi connectivity index (χ1n) is 8.64. The van der Waals surface area contributed by atoms with Crippen LogP contribution in [0.5, 0.6) is 0 Å². The van der Waals surface area contributed by atoms with Gasteiger partial charge in [0.2, 0.25) is 0 Å². The largest absolute Gasteiger partial charge is 0.387 e. The zero-order chi connectivity index (χ0) is 15.6. The van der Waals surface area contributed by atoms with Crippen molar-refractivity contribution in [1.29, 1.82) is 0 Å². The van der Waals surface area contributed by atoms with E-state index in [1.54, 1.807) is 0 Å². The molecular formula is C21H23NO. The molecule has 0 bridgehead atoms. The Morgan fingerprint density at radius 3 is 2.43 bits per heavy atom. The van der Waals surface area contributed by atoms with Gasteiger partial charge in [0.05, 0.1) is 6.10 Å². The minimum absolute atomic E-state index is 0.419. The molecule has 3 aromatic carbocycles. The predicted octanol–water partition coefficient (Wildman–Crippen LogP) is 4.51. The van der Waals surface area contributed by atoms with Crippen LogP contribution in [-0.4, -0.2) is 29.6 Å². The number of aliphatic hydroxyl groups is 1. The number of hydrogen-bond acceptors (Lipinski definition) is 2. The summed E-state index contributed by atoms with van der Waals surface area (Å²) in [6.07, 6.45) is 3.42. The average molecular weight is 305 g/mol. The van der Waals surface area contributed by atoms with E-state index in [1.165, 1.54) is 40.8 Å². The van der Waals surface area contributed by atoms with Crippen LogP contribution in [0.1, 0.15) is 30.9 Å². The molecule has 1 unspecified atom stereocenters. The van der Waals surface area contributed by atoms with Crippen molar-refractivity contribution in [3.63, 3.8) is 0 Å². The lowest BCUT2D eigenvalue weighted by atomic mass is 9.95. The SMILES string of the molecule is OC(CN1CCCCC1)c1cccc2c1ccc1ccccc12. The van der Waals surface area contributed by atoms with E-state index in [4.69, 9.17) is 0 Å². The molecule has 118 valence electrons. The second-order valence-electron chi connectivity index (χ2n) is 6.61. The number of piperidine rings is 1. The Hall–Kier alpha value is -1.90. The van der Waals surface area contributed by atoms with Gasteiger partial charge in [0.1, 0.15) is 0 Å². The Morgan fingerprint density at radius 1 is 0.783 bits per heavy atom. The van der Waals surface area contributed by atoms with Crippen molar-refractivity contribution in [2.24, 2.45) is 0 Å². The van der Waals surface area contributed by atoms with Crippen molar-refractivity contribution >= 4 is 21.5 Å². The summed E-state index contributed by atoms with van der Waals surface area (Å²) in [6, 6.07) is 19.1. The minimum Gasteiger partial charge on any atom is -0.387 e. The normalized spacial score (nSPS) is 17.6. The van der Waals surface area contributed by atoms with Crippen LogP contribution in [0.2, 0.25) is 0 Å². The van der Waals surface area contributed by atoms with E-state index in [-0.39, 0.29) is 0 Å². The summed E-state index contributed by atoms with van der Waals surface area (Å²) in [5, 5.41) is 15.7. The highest BCUT2D eigenvalue weighted by molar-refractivity contribution is 6.08. The number of fused-ring (bicyclic) bond motifs is 3. The summed E-state index contributed by atoms with van der Waals surface area (Å²) >= 11 is 0. The first-order valence-corrected chi connectivity index (χ1v) is 8.64. The molecule has 1 atom stereocenters. The molecule has 1 N–H and O–H groups in total. The van der Waals surface area contributed by atoms with Gasteiger partial charge in [-0.15, -0.1) is 0 Å². The molecule has 0 spiro atoms. The van der Waals surface area contributed by atoms with Gasteiger partial charge < -0.3 is 10.0 Å². The Morgan fingerprint density at radius 2 is 1.57 bits per heavy atom. The summed E-state index contributed by atoms with van der Waals surface area (Å²) in [5.74, 6) is 0. The van der Waals surface area contributed by atoms with E-state index < -0.39 is 6.10 Å². The maximum atomic E-state index is 10.8. The maximum Gasteiger partial charge on any atom is 0.0922 e. The third-order valence-corrected chi connectivity index (χ3v) is 5.06. The van der Waals surface area contributed by atoms with Crippen molar-refractivity contribution in [2.45, 2.75) is 25.4 Å². The molecule has 0 aliphatic carbocycles. The maximum absolute atomic E-state index is 10.8. The molecule has 0 saturated carbocycles. The van der Waals surface area contributed by atoms with E-state index >= 15 is 0 Å². The first-order chi connectivity index (χ1) is 11.3. The lowest BCUT2D eigenvalue weighted by Crippen LogP contribution is -2.33. The van der Waals surface area contributed by atoms with E-state index in [1.807, 2.05) is 0 Å². The van der Waals surface area contributed by atoms with E-state index in [2.05, 4.69) is 59.5 Å². The van der Waals surface area contributed by atoms with Gasteiger partial charge in [0.15, 0.2) is 0 Å². The lowest BCUT2D eigenvalue weighted by molar-refractivity contribution is 0.102. The molecule has 4 rings (SSSR count). The van der Waals surface area contributed by atoms with Gasteiger partial charge in [-0.05, 0) is 53.0 Å². The molecule has 23 heavy (non-hydrogen) atoms. The summed E-state index contributed by atoms with van der Waals surface area (Å²) in [6.45, 7) is 2.97. The van der Waals surface area contributed by atoms with Crippen LogP contribution in [-0.2, 0) is 0 Å². The fourth-order valence-electron chi connectivity index (χ4n) is 3.84. The number of benzene rings is 3. The number of hydrogen-bond donors (Lipinski definition) is 1. The van der Waals surface area contributed by atoms with Crippen LogP contribution in [0, 0.1) is 0 Å². The summed E-state index contributed by atoms with van der Waals surface area (Å²) in [7, 11) is 0. The number of rotatable bonds is 3. The van der Waals surface area contributed by atoms with Crippen LogP contribution in [0.15, 0.2) is 54.6 Å². The van der Waals surface area contributed by atoms with Crippen LogP contribution in [0.3, 0.4) is 0 Å². The van der Waals surface area contributed by atoms with Gasteiger partial charge in [0, 0.05) is 6.54 Å². The molecule has 0 aromatic heterocycles. The van der Waals surface area contributed by atoms with Gasteiger partial charge in [-0.2, -0.15) is 0 Å². The molecule has 1 saturated heterocycles. The molecular weight excluding hydrogens is 282 g/mol. The number of nitrogens with zero attached hydrogens (tertiary/aromatic N) is 1. The van der Waals surface area contributed by atoms with Crippen LogP contribution < -0.4 is 0 Å². The zero-order valence-electron chi connectivity index (χ0n) is 13.4. The smallest absolute Gasteiger partial charge is 0.0922 e. The Balaban J connectivity index is 1.73. The van der Waals surface area contributed by atoms with Crippen LogP contribution in [0.4, 0.5) is 0 Å². The molecule has 1 aliphatic heterocycles. The van der Waals surface area contributed by atoms with Gasteiger partial charge in [0.25, 0.3) is 0 Å². The van der Waals surface area contributed by atoms with Crippen molar-refractivity contribution in [3.05, 3.63) is 60.2 Å². The van der Waals surface area contributed by atoms with Crippen molar-refractivity contribution in [1.82, 2.24) is 4.90 Å². The summed E-state index contributed by atoms with van der Waals surface area (Å²) < 4.78 is 0. The second kappa shape index (κ2) is 6.31. The molecule has 1 fully saturated rings. The molecule has 2 nitrogen and oxygen atoms in total. The Bertz CT molecular complexity index is 820. The minimum atomic E-state index is -0.419. The molecule has 1 aliphatic rings. The van der Waals surface area contributed by atoms with E-state index in [0.717, 1.165) is 25.2 Å². The molecule has 3 aromatic rings. The highest BCUT2D eigenvalue weighted by atomic mass is 16.3. The fourth-order valence-corrected chi connectivity index (χ4v) is 3.84. The fraction of sp³-hybridized carbons (Fsp3) is 0.333. The van der Waals surface area contributed by atoms with E-state index in [0.29, 0.717) is 0 Å². The molecule has 2 heteroatoms. The molecule has 0 radical (unpaired) electrons. The predicted molar refractivity (Wildman–Crippen MR) is 96.7 cm³/mol. The monoisotopic (exact) mass is 305 g/mol. The van der Waals surface area contributed by atoms with Crippen molar-refractivity contribution < 1.29 is 5.11 Å². The van der Waals surface area contributed by atoms with Crippen LogP contribution in [0.25, 0.3) is 21.5 Å². The lowest BCUT2D eigenvalue weighted by Gasteiger charge is -2.29. The Labute approximate surface area is 137 Å². The first kappa shape index (κ1) is 14.7. The standard InChI is InChI=1S/C21H23NO/c23-21(15-22-13-4-1-5-14-22)20-10-6-9-18-17-8-3-2-7-16(17)11-12-19(18)20/h2-3,6-12,21,23H,1,4-5,13-15H2. The summed E-state index contributed by atoms with van der Waals surface area (Å²) in [5.41, 5.74) is 1.05. The number of aliphatic hydroxyl groups excluding tert-OH is 1. The van der Waals surface area contributed by atoms with Gasteiger partial charge in [-0.1, -0.05) is 61.0 Å². The molecule has 1 heterocycles. The van der Waals surface area contributed by atoms with E-state index in [9.17, 15) is 5.11 Å². The second-order valence-corrected chi connectivity index (χ2v) is 6.61. The van der Waals surface area contributed by atoms with Gasteiger partial charge in [-0.25, -0.2) is 0 Å². The number of β-amino-alcohol motifs (C(OH)–C–C–N with tert-alkyl or cyclic N) is 1. The quantitative estimate of drug-likeness (QED) is 0.720. The Kier molecular flexibility index (Phi) is 4.02. The van der Waals surface area contributed by atoms with Crippen molar-refractivity contribution in [2.75, 3.05) is 19.6 Å². The third kappa shape index (κ3) is 2.85. The van der Waals surface area contributed by atoms with Gasteiger partial charge >= 0.3 is 0 Å². The topological polar surface area (TPSA) is 23.5 Å². The zero-order valence-corrected chi connectivity index (χ0v) is 13.4. The highest BCUT2D eigenvalue weighted by Crippen LogP contribution is 2.31. The third-order valence-electron chi connectivity index (χ3n) is 5.06. The highest BCUT2D eigenvalue weighted by Gasteiger charge is 2.17. The van der Waals surface area contributed by atoms with Gasteiger partial charge in [-0.3, -0.25) is 0 Å². The summed E-state index contributed by atoms with van der Waals surface area (Å²) in [4.78, 5) is 2.40. The molecule has 0 amide bonds. The number of likely N-dealkylation sites (tertiary alicyclic amines) is 1.